The molecule has 3 aromatic carbocycles. The summed E-state index contributed by atoms with van der Waals surface area (Å²) in [5, 5.41) is 4.28. The monoisotopic (exact) mass is 377 g/mol. The van der Waals surface area contributed by atoms with E-state index < -0.39 is 24.4 Å². The Kier molecular flexibility index (Phi) is 6.01. The number of amides is 2. The zero-order valence-electron chi connectivity index (χ0n) is 15.3. The Balaban J connectivity index is 1.49. The maximum absolute atomic E-state index is 12.0. The van der Waals surface area contributed by atoms with Crippen molar-refractivity contribution in [3.05, 3.63) is 77.9 Å². The first-order valence-corrected chi connectivity index (χ1v) is 8.66. The van der Waals surface area contributed by atoms with E-state index in [4.69, 9.17) is 9.47 Å². The van der Waals surface area contributed by atoms with Crippen LogP contribution in [0.15, 0.2) is 66.7 Å². The van der Waals surface area contributed by atoms with Gasteiger partial charge in [-0.15, -0.1) is 0 Å². The zero-order valence-corrected chi connectivity index (χ0v) is 15.3. The maximum Gasteiger partial charge on any atom is 0.310 e. The Bertz CT molecular complexity index is 1010. The van der Waals surface area contributed by atoms with Crippen molar-refractivity contribution < 1.29 is 23.9 Å². The van der Waals surface area contributed by atoms with Gasteiger partial charge in [-0.1, -0.05) is 42.5 Å². The van der Waals surface area contributed by atoms with Crippen molar-refractivity contribution in [2.24, 2.45) is 0 Å². The average Bonchev–Trinajstić information content (AvgIpc) is 2.72. The highest BCUT2D eigenvalue weighted by Crippen LogP contribution is 2.16. The van der Waals surface area contributed by atoms with Gasteiger partial charge < -0.3 is 9.47 Å². The first kappa shape index (κ1) is 19.1. The molecule has 0 unspecified atom stereocenters. The van der Waals surface area contributed by atoms with Crippen molar-refractivity contribution in [3.8, 4) is 5.75 Å². The number of nitrogens with one attached hydrogen (secondary N) is 1. The van der Waals surface area contributed by atoms with E-state index in [9.17, 15) is 14.4 Å². The fourth-order valence-corrected chi connectivity index (χ4v) is 2.69. The number of benzene rings is 3. The highest BCUT2D eigenvalue weighted by Gasteiger charge is 2.13. The lowest BCUT2D eigenvalue weighted by atomic mass is 10.1. The number of ether oxygens (including phenoxy) is 2. The molecule has 0 aliphatic rings. The number of hydrogen-bond acceptors (Lipinski definition) is 5. The van der Waals surface area contributed by atoms with E-state index in [0.717, 1.165) is 16.3 Å². The van der Waals surface area contributed by atoms with Gasteiger partial charge in [-0.3, -0.25) is 19.7 Å². The summed E-state index contributed by atoms with van der Waals surface area (Å²) in [6.07, 6.45) is 0.0462. The van der Waals surface area contributed by atoms with Crippen LogP contribution >= 0.6 is 0 Å². The fourth-order valence-electron chi connectivity index (χ4n) is 2.69. The minimum Gasteiger partial charge on any atom is -0.497 e. The normalized spacial score (nSPS) is 10.3. The number of methoxy groups -OCH3 is 1. The summed E-state index contributed by atoms with van der Waals surface area (Å²) >= 11 is 0. The highest BCUT2D eigenvalue weighted by molar-refractivity contribution is 6.05. The van der Waals surface area contributed by atoms with Crippen LogP contribution in [0.2, 0.25) is 0 Å². The van der Waals surface area contributed by atoms with Crippen molar-refractivity contribution >= 4 is 28.6 Å². The van der Waals surface area contributed by atoms with Crippen molar-refractivity contribution in [1.82, 2.24) is 5.32 Å². The lowest BCUT2D eigenvalue weighted by molar-refractivity contribution is -0.147. The van der Waals surface area contributed by atoms with Gasteiger partial charge in [-0.05, 0) is 40.6 Å². The summed E-state index contributed by atoms with van der Waals surface area (Å²) in [6.45, 7) is -0.520. The molecular formula is C22H19NO5. The molecule has 0 radical (unpaired) electrons. The van der Waals surface area contributed by atoms with Crippen LogP contribution in [0.3, 0.4) is 0 Å². The van der Waals surface area contributed by atoms with Crippen molar-refractivity contribution in [2.75, 3.05) is 13.7 Å². The molecule has 0 aliphatic heterocycles. The topological polar surface area (TPSA) is 81.7 Å². The molecule has 0 spiro atoms. The van der Waals surface area contributed by atoms with E-state index in [2.05, 4.69) is 5.32 Å². The number of esters is 1. The number of carbonyl (C=O) groups excluding carboxylic acids is 3. The Morgan fingerprint density at radius 1 is 0.893 bits per heavy atom. The average molecular weight is 377 g/mol. The number of imide groups is 1. The Morgan fingerprint density at radius 3 is 2.32 bits per heavy atom. The molecule has 0 heterocycles. The SMILES string of the molecule is COc1ccc(C(=O)NC(=O)COC(=O)Cc2ccc3ccccc3c2)cc1. The second-order valence-electron chi connectivity index (χ2n) is 6.12. The highest BCUT2D eigenvalue weighted by atomic mass is 16.5. The molecule has 142 valence electrons. The zero-order chi connectivity index (χ0) is 19.9. The predicted molar refractivity (Wildman–Crippen MR) is 104 cm³/mol. The first-order valence-electron chi connectivity index (χ1n) is 8.66. The molecule has 28 heavy (non-hydrogen) atoms. The molecule has 3 rings (SSSR count). The van der Waals surface area contributed by atoms with Gasteiger partial charge >= 0.3 is 5.97 Å². The third-order valence-corrected chi connectivity index (χ3v) is 4.13. The van der Waals surface area contributed by atoms with Crippen molar-refractivity contribution in [1.29, 1.82) is 0 Å². The molecule has 0 atom stereocenters. The molecule has 2 amide bonds. The van der Waals surface area contributed by atoms with Gasteiger partial charge in [0.25, 0.3) is 11.8 Å². The Labute approximate surface area is 162 Å². The van der Waals surface area contributed by atoms with Crippen molar-refractivity contribution in [2.45, 2.75) is 6.42 Å². The van der Waals surface area contributed by atoms with Gasteiger partial charge in [0.1, 0.15) is 5.75 Å². The molecule has 0 fully saturated rings. The molecule has 0 bridgehead atoms. The van der Waals surface area contributed by atoms with E-state index >= 15 is 0 Å². The lowest BCUT2D eigenvalue weighted by Gasteiger charge is -2.07. The molecule has 6 nitrogen and oxygen atoms in total. The quantitative estimate of drug-likeness (QED) is 0.668. The van der Waals surface area contributed by atoms with E-state index in [-0.39, 0.29) is 6.42 Å². The smallest absolute Gasteiger partial charge is 0.310 e. The van der Waals surface area contributed by atoms with Crippen LogP contribution in [0.25, 0.3) is 10.8 Å². The van der Waals surface area contributed by atoms with Crippen LogP contribution in [-0.4, -0.2) is 31.5 Å². The second-order valence-corrected chi connectivity index (χ2v) is 6.12. The standard InChI is InChI=1S/C22H19NO5/c1-27-19-10-8-17(9-11-19)22(26)23-20(24)14-28-21(25)13-15-6-7-16-4-2-3-5-18(16)12-15/h2-12H,13-14H2,1H3,(H,23,24,26). The summed E-state index contributed by atoms with van der Waals surface area (Å²) in [5.74, 6) is -1.20. The van der Waals surface area contributed by atoms with Crippen LogP contribution in [0.4, 0.5) is 0 Å². The van der Waals surface area contributed by atoms with Crippen LogP contribution in [0, 0.1) is 0 Å². The summed E-state index contributed by atoms with van der Waals surface area (Å²) in [5.41, 5.74) is 1.09. The van der Waals surface area contributed by atoms with Crippen molar-refractivity contribution in [3.63, 3.8) is 0 Å². The van der Waals surface area contributed by atoms with Gasteiger partial charge in [0, 0.05) is 5.56 Å². The molecule has 1 N–H and O–H groups in total. The van der Waals surface area contributed by atoms with Gasteiger partial charge in [0.15, 0.2) is 6.61 Å². The van der Waals surface area contributed by atoms with E-state index in [0.29, 0.717) is 11.3 Å². The van der Waals surface area contributed by atoms with E-state index in [1.807, 2.05) is 42.5 Å². The maximum atomic E-state index is 12.0. The third-order valence-electron chi connectivity index (χ3n) is 4.13. The second kappa shape index (κ2) is 8.81. The minimum absolute atomic E-state index is 0.0462. The molecule has 0 saturated carbocycles. The molecular weight excluding hydrogens is 358 g/mol. The number of fused-ring (bicyclic) bond motifs is 1. The predicted octanol–water partition coefficient (Wildman–Crippen LogP) is 2.89. The number of carbonyl (C=O) groups is 3. The summed E-state index contributed by atoms with van der Waals surface area (Å²) < 4.78 is 9.98. The lowest BCUT2D eigenvalue weighted by Crippen LogP contribution is -2.34. The molecule has 0 aromatic heterocycles. The van der Waals surface area contributed by atoms with Crippen LogP contribution in [-0.2, 0) is 20.7 Å². The Morgan fingerprint density at radius 2 is 1.61 bits per heavy atom. The number of rotatable bonds is 6. The Hall–Kier alpha value is -3.67. The van der Waals surface area contributed by atoms with Gasteiger partial charge in [0.2, 0.25) is 0 Å². The molecule has 6 heteroatoms. The van der Waals surface area contributed by atoms with Crippen LogP contribution < -0.4 is 10.1 Å². The van der Waals surface area contributed by atoms with E-state index in [1.165, 1.54) is 19.2 Å². The minimum atomic E-state index is -0.687. The number of hydrogen-bond donors (Lipinski definition) is 1. The van der Waals surface area contributed by atoms with Gasteiger partial charge in [0.05, 0.1) is 13.5 Å². The van der Waals surface area contributed by atoms with Gasteiger partial charge in [-0.2, -0.15) is 0 Å². The van der Waals surface area contributed by atoms with E-state index in [1.54, 1.807) is 12.1 Å². The van der Waals surface area contributed by atoms with Crippen LogP contribution in [0.5, 0.6) is 5.75 Å². The largest absolute Gasteiger partial charge is 0.497 e. The molecule has 3 aromatic rings. The summed E-state index contributed by atoms with van der Waals surface area (Å²) in [6, 6.07) is 19.8. The third kappa shape index (κ3) is 4.94. The molecule has 0 aliphatic carbocycles. The molecule has 0 saturated heterocycles. The first-order chi connectivity index (χ1) is 13.5. The summed E-state index contributed by atoms with van der Waals surface area (Å²) in [7, 11) is 1.52. The summed E-state index contributed by atoms with van der Waals surface area (Å²) in [4.78, 5) is 35.8. The fraction of sp³-hybridized carbons (Fsp3) is 0.136. The van der Waals surface area contributed by atoms with Crippen LogP contribution in [0.1, 0.15) is 15.9 Å². The van der Waals surface area contributed by atoms with Gasteiger partial charge in [-0.25, -0.2) is 0 Å².